The molecule has 21 heavy (non-hydrogen) atoms. The van der Waals surface area contributed by atoms with Gasteiger partial charge >= 0.3 is 5.97 Å². The summed E-state index contributed by atoms with van der Waals surface area (Å²) in [6.07, 6.45) is 0. The second-order valence-corrected chi connectivity index (χ2v) is 6.75. The zero-order chi connectivity index (χ0) is 15.1. The molecule has 0 aliphatic carbocycles. The van der Waals surface area contributed by atoms with Gasteiger partial charge in [0.1, 0.15) is 0 Å². The minimum Gasteiger partial charge on any atom is -0.465 e. The van der Waals surface area contributed by atoms with Gasteiger partial charge in [0.25, 0.3) is 0 Å². The Labute approximate surface area is 138 Å². The van der Waals surface area contributed by atoms with E-state index in [4.69, 9.17) is 16.3 Å². The molecule has 0 N–H and O–H groups in total. The molecule has 110 valence electrons. The Morgan fingerprint density at radius 3 is 2.10 bits per heavy atom. The van der Waals surface area contributed by atoms with Crippen LogP contribution in [-0.2, 0) is 9.53 Å². The average Bonchev–Trinajstić information content (AvgIpc) is 2.49. The van der Waals surface area contributed by atoms with Gasteiger partial charge in [-0.3, -0.25) is 4.79 Å². The van der Waals surface area contributed by atoms with Crippen molar-refractivity contribution in [2.75, 3.05) is 12.4 Å². The summed E-state index contributed by atoms with van der Waals surface area (Å²) in [5.41, 5.74) is 0. The van der Waals surface area contributed by atoms with E-state index in [1.165, 1.54) is 11.8 Å². The Balaban J connectivity index is 1.89. The van der Waals surface area contributed by atoms with E-state index in [9.17, 15) is 4.79 Å². The normalized spacial score (nSPS) is 10.4. The first-order valence-electron chi connectivity index (χ1n) is 6.49. The number of rotatable bonds is 6. The maximum Gasteiger partial charge on any atom is 0.316 e. The van der Waals surface area contributed by atoms with Crippen LogP contribution in [-0.4, -0.2) is 18.3 Å². The van der Waals surface area contributed by atoms with E-state index < -0.39 is 0 Å². The zero-order valence-electron chi connectivity index (χ0n) is 11.5. The number of benzene rings is 2. The van der Waals surface area contributed by atoms with Crippen molar-refractivity contribution in [2.45, 2.75) is 21.6 Å². The predicted molar refractivity (Wildman–Crippen MR) is 89.4 cm³/mol. The highest BCUT2D eigenvalue weighted by atomic mass is 35.5. The molecule has 0 amide bonds. The van der Waals surface area contributed by atoms with Gasteiger partial charge in [0.2, 0.25) is 0 Å². The third kappa shape index (κ3) is 5.65. The SMILES string of the molecule is CCOC(=O)CSc1ccc(Sc2ccc(Cl)cc2)cc1. The molecule has 0 heterocycles. The number of esters is 1. The van der Waals surface area contributed by atoms with Crippen molar-refractivity contribution in [3.05, 3.63) is 53.6 Å². The molecule has 5 heteroatoms. The monoisotopic (exact) mass is 338 g/mol. The van der Waals surface area contributed by atoms with Gasteiger partial charge in [0.15, 0.2) is 0 Å². The van der Waals surface area contributed by atoms with Crippen molar-refractivity contribution in [3.63, 3.8) is 0 Å². The summed E-state index contributed by atoms with van der Waals surface area (Å²) < 4.78 is 4.90. The first kappa shape index (κ1) is 16.3. The minimum atomic E-state index is -0.179. The molecule has 2 nitrogen and oxygen atoms in total. The lowest BCUT2D eigenvalue weighted by Crippen LogP contribution is -2.06. The van der Waals surface area contributed by atoms with Crippen molar-refractivity contribution in [3.8, 4) is 0 Å². The van der Waals surface area contributed by atoms with Crippen molar-refractivity contribution in [2.24, 2.45) is 0 Å². The van der Waals surface area contributed by atoms with E-state index in [2.05, 4.69) is 0 Å². The molecule has 0 radical (unpaired) electrons. The Bertz CT molecular complexity index is 582. The van der Waals surface area contributed by atoms with Crippen LogP contribution in [0.15, 0.2) is 63.2 Å². The molecular formula is C16H15ClO2S2. The fourth-order valence-corrected chi connectivity index (χ4v) is 3.23. The van der Waals surface area contributed by atoms with Gasteiger partial charge in [-0.2, -0.15) is 0 Å². The number of hydrogen-bond acceptors (Lipinski definition) is 4. The first-order chi connectivity index (χ1) is 10.2. The van der Waals surface area contributed by atoms with Crippen LogP contribution in [0.1, 0.15) is 6.92 Å². The molecule has 0 bridgehead atoms. The number of thioether (sulfide) groups is 1. The molecule has 0 unspecified atom stereocenters. The summed E-state index contributed by atoms with van der Waals surface area (Å²) in [5.74, 6) is 0.166. The van der Waals surface area contributed by atoms with E-state index in [0.717, 1.165) is 19.7 Å². The van der Waals surface area contributed by atoms with E-state index in [1.807, 2.05) is 55.5 Å². The summed E-state index contributed by atoms with van der Waals surface area (Å²) in [6, 6.07) is 15.9. The molecule has 2 aromatic carbocycles. The van der Waals surface area contributed by atoms with Crippen molar-refractivity contribution < 1.29 is 9.53 Å². The highest BCUT2D eigenvalue weighted by Crippen LogP contribution is 2.30. The summed E-state index contributed by atoms with van der Waals surface area (Å²) in [7, 11) is 0. The molecule has 0 aliphatic heterocycles. The van der Waals surface area contributed by atoms with Crippen LogP contribution in [0.25, 0.3) is 0 Å². The van der Waals surface area contributed by atoms with E-state index in [1.54, 1.807) is 11.8 Å². The first-order valence-corrected chi connectivity index (χ1v) is 8.67. The molecule has 0 spiro atoms. The summed E-state index contributed by atoms with van der Waals surface area (Å²) in [5, 5.41) is 0.741. The van der Waals surface area contributed by atoms with Crippen LogP contribution in [0.5, 0.6) is 0 Å². The lowest BCUT2D eigenvalue weighted by Gasteiger charge is -2.04. The van der Waals surface area contributed by atoms with Crippen LogP contribution >= 0.6 is 35.1 Å². The Morgan fingerprint density at radius 2 is 1.52 bits per heavy atom. The number of carbonyl (C=O) groups excluding carboxylic acids is 1. The van der Waals surface area contributed by atoms with Crippen LogP contribution in [0.3, 0.4) is 0 Å². The molecule has 0 saturated heterocycles. The van der Waals surface area contributed by atoms with Crippen molar-refractivity contribution in [1.82, 2.24) is 0 Å². The van der Waals surface area contributed by atoms with Crippen molar-refractivity contribution >= 4 is 41.1 Å². The van der Waals surface area contributed by atoms with Gasteiger partial charge in [0, 0.05) is 19.7 Å². The van der Waals surface area contributed by atoms with E-state index in [0.29, 0.717) is 12.4 Å². The predicted octanol–water partition coefficient (Wildman–Crippen LogP) is 5.15. The van der Waals surface area contributed by atoms with Gasteiger partial charge in [-0.25, -0.2) is 0 Å². The summed E-state index contributed by atoms with van der Waals surface area (Å²) in [4.78, 5) is 14.6. The minimum absolute atomic E-state index is 0.179. The number of ether oxygens (including phenoxy) is 1. The number of hydrogen-bond donors (Lipinski definition) is 0. The van der Waals surface area contributed by atoms with Crippen LogP contribution in [0.4, 0.5) is 0 Å². The van der Waals surface area contributed by atoms with Gasteiger partial charge in [-0.15, -0.1) is 11.8 Å². The molecular weight excluding hydrogens is 324 g/mol. The third-order valence-electron chi connectivity index (χ3n) is 2.54. The lowest BCUT2D eigenvalue weighted by molar-refractivity contribution is -0.139. The molecule has 0 saturated carbocycles. The maximum atomic E-state index is 11.3. The highest BCUT2D eigenvalue weighted by Gasteiger charge is 2.03. The quantitative estimate of drug-likeness (QED) is 0.537. The van der Waals surface area contributed by atoms with Crippen LogP contribution < -0.4 is 0 Å². The molecule has 0 aliphatic rings. The van der Waals surface area contributed by atoms with Gasteiger partial charge in [-0.1, -0.05) is 23.4 Å². The average molecular weight is 339 g/mol. The highest BCUT2D eigenvalue weighted by molar-refractivity contribution is 8.00. The van der Waals surface area contributed by atoms with Gasteiger partial charge in [-0.05, 0) is 55.5 Å². The van der Waals surface area contributed by atoms with E-state index >= 15 is 0 Å². The number of halogens is 1. The standard InChI is InChI=1S/C16H15ClO2S2/c1-2-19-16(18)11-20-13-7-9-15(10-8-13)21-14-5-3-12(17)4-6-14/h3-10H,2,11H2,1H3. The topological polar surface area (TPSA) is 26.3 Å². The number of carbonyl (C=O) groups is 1. The van der Waals surface area contributed by atoms with E-state index in [-0.39, 0.29) is 5.97 Å². The third-order valence-corrected chi connectivity index (χ3v) is 4.79. The fourth-order valence-electron chi connectivity index (χ4n) is 1.59. The van der Waals surface area contributed by atoms with Gasteiger partial charge in [0.05, 0.1) is 12.4 Å². The van der Waals surface area contributed by atoms with Crippen LogP contribution in [0, 0.1) is 0 Å². The fraction of sp³-hybridized carbons (Fsp3) is 0.188. The second-order valence-electron chi connectivity index (χ2n) is 4.12. The summed E-state index contributed by atoms with van der Waals surface area (Å²) >= 11 is 9.03. The maximum absolute atomic E-state index is 11.3. The Hall–Kier alpha value is -1.10. The Morgan fingerprint density at radius 1 is 1.00 bits per heavy atom. The molecule has 2 aromatic rings. The van der Waals surface area contributed by atoms with Gasteiger partial charge < -0.3 is 4.74 Å². The second kappa shape index (κ2) is 8.37. The van der Waals surface area contributed by atoms with Crippen LogP contribution in [0.2, 0.25) is 5.02 Å². The largest absolute Gasteiger partial charge is 0.465 e. The summed E-state index contributed by atoms with van der Waals surface area (Å²) in [6.45, 7) is 2.24. The Kier molecular flexibility index (Phi) is 6.49. The molecule has 0 fully saturated rings. The smallest absolute Gasteiger partial charge is 0.316 e. The molecule has 0 aromatic heterocycles. The molecule has 0 atom stereocenters. The zero-order valence-corrected chi connectivity index (χ0v) is 13.9. The molecule has 2 rings (SSSR count). The lowest BCUT2D eigenvalue weighted by atomic mass is 10.4. The van der Waals surface area contributed by atoms with Crippen molar-refractivity contribution in [1.29, 1.82) is 0 Å².